The molecule has 0 N–H and O–H groups in total. The number of rotatable bonds is 6. The van der Waals surface area contributed by atoms with E-state index in [0.29, 0.717) is 0 Å². The zero-order valence-electron chi connectivity index (χ0n) is 22.3. The van der Waals surface area contributed by atoms with E-state index in [-0.39, 0.29) is 0 Å². The summed E-state index contributed by atoms with van der Waals surface area (Å²) >= 11 is 3.78. The van der Waals surface area contributed by atoms with Crippen LogP contribution in [0.3, 0.4) is 0 Å². The maximum Gasteiger partial charge on any atom is 0.121 e. The zero-order valence-corrected chi connectivity index (χ0v) is 24.9. The Morgan fingerprint density at radius 1 is 0.487 bits per heavy atom. The van der Waals surface area contributed by atoms with Crippen LogP contribution in [-0.2, 0) is 0 Å². The highest BCUT2D eigenvalue weighted by Crippen LogP contribution is 2.60. The van der Waals surface area contributed by atoms with Crippen molar-refractivity contribution in [1.29, 1.82) is 0 Å². The van der Waals surface area contributed by atoms with Gasteiger partial charge in [0.05, 0.1) is 0 Å². The minimum Gasteiger partial charge on any atom is -0.143 e. The highest BCUT2D eigenvalue weighted by atomic mass is 32.1. The first kappa shape index (κ1) is 24.5. The van der Waals surface area contributed by atoms with Crippen LogP contribution in [0.1, 0.15) is 36.1 Å². The van der Waals surface area contributed by atoms with E-state index in [0.717, 1.165) is 0 Å². The summed E-state index contributed by atoms with van der Waals surface area (Å²) in [5.74, 6) is 0. The third-order valence-electron chi connectivity index (χ3n) is 8.54. The number of fused-ring (bicyclic) bond motifs is 2. The second-order valence-electron chi connectivity index (χ2n) is 10.3. The van der Waals surface area contributed by atoms with E-state index in [4.69, 9.17) is 0 Å². The van der Waals surface area contributed by atoms with Crippen LogP contribution in [0, 0.1) is 0 Å². The van der Waals surface area contributed by atoms with Gasteiger partial charge in [-0.25, -0.2) is 0 Å². The fourth-order valence-electron chi connectivity index (χ4n) is 6.73. The lowest BCUT2D eigenvalue weighted by Crippen LogP contribution is -2.35. The molecule has 0 amide bonds. The van der Waals surface area contributed by atoms with Gasteiger partial charge < -0.3 is 0 Å². The summed E-state index contributed by atoms with van der Waals surface area (Å²) in [5, 5.41) is 10.9. The summed E-state index contributed by atoms with van der Waals surface area (Å²) in [4.78, 5) is 0. The van der Waals surface area contributed by atoms with Crippen molar-refractivity contribution >= 4 is 72.5 Å². The third kappa shape index (κ3) is 3.76. The molecule has 0 fully saturated rings. The van der Waals surface area contributed by atoms with Gasteiger partial charge in [0.25, 0.3) is 0 Å². The quantitative estimate of drug-likeness (QED) is 0.180. The zero-order chi connectivity index (χ0) is 26.4. The van der Waals surface area contributed by atoms with E-state index in [9.17, 15) is 0 Å². The Labute approximate surface area is 239 Å². The van der Waals surface area contributed by atoms with Crippen molar-refractivity contribution in [2.75, 3.05) is 0 Å². The SMILES string of the molecule is CC[Si]1(CC)C(c2csc3ccccc23)=C(c2ccccc2)C(c2ccccc2)=C1c1csc2ccccc12. The Morgan fingerprint density at radius 3 is 1.28 bits per heavy atom. The maximum atomic E-state index is 2.45. The average Bonchev–Trinajstić information content (AvgIpc) is 3.70. The molecule has 0 saturated heterocycles. The largest absolute Gasteiger partial charge is 0.143 e. The van der Waals surface area contributed by atoms with Crippen LogP contribution >= 0.6 is 22.7 Å². The highest BCUT2D eigenvalue weighted by Gasteiger charge is 2.49. The normalized spacial score (nSPS) is 15.1. The van der Waals surface area contributed by atoms with Crippen LogP contribution in [0.2, 0.25) is 12.1 Å². The predicted octanol–water partition coefficient (Wildman–Crippen LogP) is 11.2. The van der Waals surface area contributed by atoms with Crippen molar-refractivity contribution in [2.45, 2.75) is 25.9 Å². The van der Waals surface area contributed by atoms with Crippen molar-refractivity contribution < 1.29 is 0 Å². The predicted molar refractivity (Wildman–Crippen MR) is 177 cm³/mol. The first-order chi connectivity index (χ1) is 19.3. The van der Waals surface area contributed by atoms with Crippen LogP contribution in [0.25, 0.3) is 41.7 Å². The summed E-state index contributed by atoms with van der Waals surface area (Å²) in [6.45, 7) is 4.91. The minimum atomic E-state index is -2.20. The van der Waals surface area contributed by atoms with Gasteiger partial charge in [-0.3, -0.25) is 0 Å². The van der Waals surface area contributed by atoms with Gasteiger partial charge >= 0.3 is 0 Å². The Morgan fingerprint density at radius 2 is 0.872 bits per heavy atom. The lowest BCUT2D eigenvalue weighted by molar-refractivity contribution is 1.30. The molecule has 0 saturated carbocycles. The molecule has 6 aromatic rings. The van der Waals surface area contributed by atoms with Crippen LogP contribution in [0.5, 0.6) is 0 Å². The standard InChI is InChI=1S/C36H30S2Si/c1-3-39(4-2)35(29-23-37-31-21-13-11-19-27(29)31)33(25-15-7-5-8-16-25)34(26-17-9-6-10-18-26)36(39)30-24-38-32-22-14-12-20-28(30)32/h5-24H,3-4H2,1-2H3. The van der Waals surface area contributed by atoms with E-state index in [1.165, 1.54) is 65.7 Å². The van der Waals surface area contributed by atoms with Gasteiger partial charge in [0.1, 0.15) is 8.07 Å². The molecule has 3 heteroatoms. The fraction of sp³-hybridized carbons (Fsp3) is 0.111. The second-order valence-corrected chi connectivity index (χ2v) is 16.7. The molecule has 7 rings (SSSR count). The molecule has 1 aliphatic rings. The molecular weight excluding hydrogens is 525 g/mol. The molecule has 0 radical (unpaired) electrons. The molecule has 0 unspecified atom stereocenters. The van der Waals surface area contributed by atoms with E-state index >= 15 is 0 Å². The van der Waals surface area contributed by atoms with E-state index in [2.05, 4.69) is 134 Å². The Balaban J connectivity index is 1.68. The molecule has 2 aromatic heterocycles. The van der Waals surface area contributed by atoms with Gasteiger partial charge in [0, 0.05) is 9.40 Å². The van der Waals surface area contributed by atoms with Gasteiger partial charge in [-0.15, -0.1) is 22.7 Å². The van der Waals surface area contributed by atoms with Gasteiger partial charge in [-0.05, 0) is 77.5 Å². The van der Waals surface area contributed by atoms with E-state index in [1.807, 2.05) is 22.7 Å². The van der Waals surface area contributed by atoms with Crippen LogP contribution in [-0.4, -0.2) is 8.07 Å². The van der Waals surface area contributed by atoms with Crippen molar-refractivity contribution in [1.82, 2.24) is 0 Å². The van der Waals surface area contributed by atoms with Gasteiger partial charge in [0.2, 0.25) is 0 Å². The summed E-state index contributed by atoms with van der Waals surface area (Å²) in [6.07, 6.45) is 0. The summed E-state index contributed by atoms with van der Waals surface area (Å²) in [6, 6.07) is 42.7. The summed E-state index contributed by atoms with van der Waals surface area (Å²) in [5.41, 5.74) is 8.46. The molecule has 0 atom stereocenters. The lowest BCUT2D eigenvalue weighted by Gasteiger charge is -2.32. The molecule has 39 heavy (non-hydrogen) atoms. The Kier molecular flexibility index (Phi) is 6.23. The molecule has 190 valence electrons. The third-order valence-corrected chi connectivity index (χ3v) is 15.8. The number of thiophene rings is 2. The number of hydrogen-bond acceptors (Lipinski definition) is 2. The van der Waals surface area contributed by atoms with Crippen molar-refractivity contribution in [2.24, 2.45) is 0 Å². The monoisotopic (exact) mass is 554 g/mol. The lowest BCUT2D eigenvalue weighted by atomic mass is 9.89. The first-order valence-corrected chi connectivity index (χ1v) is 18.0. The summed E-state index contributed by atoms with van der Waals surface area (Å²) in [7, 11) is -2.20. The highest BCUT2D eigenvalue weighted by molar-refractivity contribution is 7.20. The van der Waals surface area contributed by atoms with E-state index in [1.54, 1.807) is 10.4 Å². The van der Waals surface area contributed by atoms with Crippen LogP contribution in [0.15, 0.2) is 120 Å². The Bertz CT molecular complexity index is 1730. The van der Waals surface area contributed by atoms with Gasteiger partial charge in [-0.2, -0.15) is 0 Å². The van der Waals surface area contributed by atoms with Crippen molar-refractivity contribution in [3.05, 3.63) is 142 Å². The Hall–Kier alpha value is -3.50. The van der Waals surface area contributed by atoms with Crippen LogP contribution in [0.4, 0.5) is 0 Å². The van der Waals surface area contributed by atoms with Crippen LogP contribution < -0.4 is 0 Å². The molecule has 0 aliphatic carbocycles. The first-order valence-electron chi connectivity index (χ1n) is 13.8. The van der Waals surface area contributed by atoms with Gasteiger partial charge in [0.15, 0.2) is 0 Å². The van der Waals surface area contributed by atoms with Crippen molar-refractivity contribution in [3.63, 3.8) is 0 Å². The topological polar surface area (TPSA) is 0 Å². The number of hydrogen-bond donors (Lipinski definition) is 0. The van der Waals surface area contributed by atoms with Crippen molar-refractivity contribution in [3.8, 4) is 0 Å². The van der Waals surface area contributed by atoms with E-state index < -0.39 is 8.07 Å². The molecule has 4 aromatic carbocycles. The molecular formula is C36H30S2Si. The number of allylic oxidation sites excluding steroid dienone is 2. The smallest absolute Gasteiger partial charge is 0.121 e. The summed E-state index contributed by atoms with van der Waals surface area (Å²) < 4.78 is 2.75. The maximum absolute atomic E-state index is 2.45. The average molecular weight is 555 g/mol. The molecule has 3 heterocycles. The van der Waals surface area contributed by atoms with Gasteiger partial charge in [-0.1, -0.05) is 123 Å². The number of benzene rings is 4. The second kappa shape index (κ2) is 9.91. The molecule has 1 aliphatic heterocycles. The molecule has 0 nitrogen and oxygen atoms in total. The fourth-order valence-corrected chi connectivity index (χ4v) is 13.9. The minimum absolute atomic E-state index is 1.18. The molecule has 0 bridgehead atoms. The molecule has 0 spiro atoms.